The summed E-state index contributed by atoms with van der Waals surface area (Å²) in [6.07, 6.45) is 4.93. The molecule has 0 aromatic carbocycles. The van der Waals surface area contributed by atoms with Gasteiger partial charge in [-0.3, -0.25) is 4.98 Å². The molecular formula is C9H13Cl3N2. The summed E-state index contributed by atoms with van der Waals surface area (Å²) < 4.78 is 0. The highest BCUT2D eigenvalue weighted by Gasteiger charge is 2.17. The molecule has 2 nitrogen and oxygen atoms in total. The zero-order chi connectivity index (χ0) is 8.55. The molecule has 80 valence electrons. The quantitative estimate of drug-likeness (QED) is 0.774. The van der Waals surface area contributed by atoms with Crippen LogP contribution >= 0.6 is 36.4 Å². The first-order chi connectivity index (χ1) is 5.77. The number of fused-ring (bicyclic) bond motifs is 1. The van der Waals surface area contributed by atoms with E-state index in [1.807, 2.05) is 6.07 Å². The van der Waals surface area contributed by atoms with E-state index in [0.717, 1.165) is 25.0 Å². The number of aromatic nitrogens is 1. The number of nitrogens with two attached hydrogens (primary N) is 1. The summed E-state index contributed by atoms with van der Waals surface area (Å²) in [7, 11) is 0. The Kier molecular flexibility index (Phi) is 5.75. The van der Waals surface area contributed by atoms with Gasteiger partial charge in [-0.15, -0.1) is 24.8 Å². The topological polar surface area (TPSA) is 38.9 Å². The monoisotopic (exact) mass is 254 g/mol. The summed E-state index contributed by atoms with van der Waals surface area (Å²) in [5.74, 6) is 0. The summed E-state index contributed by atoms with van der Waals surface area (Å²) in [6, 6.07) is 2.09. The van der Waals surface area contributed by atoms with Crippen LogP contribution in [-0.2, 0) is 6.42 Å². The van der Waals surface area contributed by atoms with Gasteiger partial charge in [0.15, 0.2) is 0 Å². The summed E-state index contributed by atoms with van der Waals surface area (Å²) in [5, 5.41) is 0.711. The van der Waals surface area contributed by atoms with E-state index in [0.29, 0.717) is 5.02 Å². The lowest BCUT2D eigenvalue weighted by atomic mass is 9.93. The molecule has 0 amide bonds. The molecule has 1 unspecified atom stereocenters. The Bertz CT molecular complexity index is 304. The van der Waals surface area contributed by atoms with E-state index >= 15 is 0 Å². The molecule has 0 fully saturated rings. The molecule has 2 rings (SSSR count). The van der Waals surface area contributed by atoms with Gasteiger partial charge in [-0.1, -0.05) is 11.6 Å². The van der Waals surface area contributed by atoms with Crippen LogP contribution in [0.4, 0.5) is 0 Å². The molecule has 5 heteroatoms. The van der Waals surface area contributed by atoms with Crippen LogP contribution < -0.4 is 5.73 Å². The van der Waals surface area contributed by atoms with Crippen LogP contribution in [0.15, 0.2) is 12.3 Å². The van der Waals surface area contributed by atoms with Crippen LogP contribution in [0.2, 0.25) is 5.02 Å². The van der Waals surface area contributed by atoms with Gasteiger partial charge < -0.3 is 5.73 Å². The number of aryl methyl sites for hydroxylation is 1. The molecule has 2 N–H and O–H groups in total. The fraction of sp³-hybridized carbons (Fsp3) is 0.444. The molecule has 0 saturated carbocycles. The number of halogens is 3. The Balaban J connectivity index is 0.000000845. The van der Waals surface area contributed by atoms with Crippen molar-refractivity contribution in [2.45, 2.75) is 25.3 Å². The van der Waals surface area contributed by atoms with Gasteiger partial charge in [-0.2, -0.15) is 0 Å². The van der Waals surface area contributed by atoms with Gasteiger partial charge in [-0.25, -0.2) is 0 Å². The maximum absolute atomic E-state index is 5.89. The second kappa shape index (κ2) is 5.76. The van der Waals surface area contributed by atoms with Crippen LogP contribution in [0.5, 0.6) is 0 Å². The molecule has 0 spiro atoms. The number of pyridine rings is 1. The average molecular weight is 256 g/mol. The molecule has 0 aliphatic heterocycles. The van der Waals surface area contributed by atoms with E-state index in [2.05, 4.69) is 4.98 Å². The van der Waals surface area contributed by atoms with E-state index in [9.17, 15) is 0 Å². The van der Waals surface area contributed by atoms with Gasteiger partial charge in [0.1, 0.15) is 0 Å². The molecular weight excluding hydrogens is 242 g/mol. The minimum absolute atomic E-state index is 0. The van der Waals surface area contributed by atoms with Gasteiger partial charge in [-0.05, 0) is 30.9 Å². The zero-order valence-electron chi connectivity index (χ0n) is 7.57. The maximum Gasteiger partial charge on any atom is 0.0604 e. The summed E-state index contributed by atoms with van der Waals surface area (Å²) >= 11 is 5.82. The molecule has 0 bridgehead atoms. The molecule has 14 heavy (non-hydrogen) atoms. The lowest BCUT2D eigenvalue weighted by Crippen LogP contribution is -2.18. The Morgan fingerprint density at radius 3 is 2.86 bits per heavy atom. The van der Waals surface area contributed by atoms with Crippen molar-refractivity contribution in [3.63, 3.8) is 0 Å². The molecule has 1 heterocycles. The molecule has 1 aromatic rings. The largest absolute Gasteiger partial charge is 0.323 e. The predicted molar refractivity (Wildman–Crippen MR) is 63.6 cm³/mol. The average Bonchev–Trinajstić information content (AvgIpc) is 2.04. The van der Waals surface area contributed by atoms with Gasteiger partial charge in [0.2, 0.25) is 0 Å². The lowest BCUT2D eigenvalue weighted by molar-refractivity contribution is 0.554. The van der Waals surface area contributed by atoms with E-state index in [1.165, 1.54) is 5.56 Å². The van der Waals surface area contributed by atoms with Gasteiger partial charge in [0.05, 0.1) is 10.7 Å². The highest BCUT2D eigenvalue weighted by molar-refractivity contribution is 6.30. The Hall–Kier alpha value is -0.0200. The van der Waals surface area contributed by atoms with Crippen molar-refractivity contribution in [1.82, 2.24) is 4.98 Å². The van der Waals surface area contributed by atoms with Gasteiger partial charge in [0, 0.05) is 12.2 Å². The fourth-order valence-electron chi connectivity index (χ4n) is 1.68. The third kappa shape index (κ3) is 2.74. The lowest BCUT2D eigenvalue weighted by Gasteiger charge is -2.20. The van der Waals surface area contributed by atoms with E-state index in [-0.39, 0.29) is 30.9 Å². The van der Waals surface area contributed by atoms with Crippen molar-refractivity contribution < 1.29 is 0 Å². The van der Waals surface area contributed by atoms with E-state index in [1.54, 1.807) is 6.20 Å². The summed E-state index contributed by atoms with van der Waals surface area (Å²) in [5.41, 5.74) is 8.15. The number of nitrogens with zero attached hydrogens (tertiary/aromatic N) is 1. The first kappa shape index (κ1) is 14.0. The zero-order valence-corrected chi connectivity index (χ0v) is 9.96. The first-order valence-electron chi connectivity index (χ1n) is 4.17. The van der Waals surface area contributed by atoms with Crippen molar-refractivity contribution in [1.29, 1.82) is 0 Å². The van der Waals surface area contributed by atoms with Crippen LogP contribution in [0.1, 0.15) is 30.1 Å². The van der Waals surface area contributed by atoms with Crippen molar-refractivity contribution >= 4 is 36.4 Å². The Morgan fingerprint density at radius 1 is 1.43 bits per heavy atom. The smallest absolute Gasteiger partial charge is 0.0604 e. The minimum Gasteiger partial charge on any atom is -0.323 e. The molecule has 1 aliphatic rings. The fourth-order valence-corrected chi connectivity index (χ4v) is 1.86. The van der Waals surface area contributed by atoms with Gasteiger partial charge in [0.25, 0.3) is 0 Å². The summed E-state index contributed by atoms with van der Waals surface area (Å²) in [4.78, 5) is 4.24. The molecule has 0 saturated heterocycles. The highest BCUT2D eigenvalue weighted by Crippen LogP contribution is 2.27. The molecule has 1 aromatic heterocycles. The molecule has 0 radical (unpaired) electrons. The van der Waals surface area contributed by atoms with Crippen molar-refractivity contribution in [2.75, 3.05) is 0 Å². The van der Waals surface area contributed by atoms with Crippen molar-refractivity contribution in [2.24, 2.45) is 5.73 Å². The maximum atomic E-state index is 5.89. The second-order valence-corrected chi connectivity index (χ2v) is 3.63. The third-order valence-electron chi connectivity index (χ3n) is 2.28. The second-order valence-electron chi connectivity index (χ2n) is 3.20. The van der Waals surface area contributed by atoms with Crippen LogP contribution in [0.25, 0.3) is 0 Å². The van der Waals surface area contributed by atoms with Crippen molar-refractivity contribution in [3.8, 4) is 0 Å². The number of hydrogen-bond acceptors (Lipinski definition) is 2. The van der Waals surface area contributed by atoms with Gasteiger partial charge >= 0.3 is 0 Å². The van der Waals surface area contributed by atoms with Crippen LogP contribution in [0, 0.1) is 0 Å². The predicted octanol–water partition coefficient (Wildman–Crippen LogP) is 2.91. The standard InChI is InChI=1S/C9H11ClN2.2ClH/c10-7-4-6-2-1-3-8(11)9(6)12-5-7;;/h4-5,8H,1-3,11H2;2*1H. The Morgan fingerprint density at radius 2 is 2.14 bits per heavy atom. The number of hydrogen-bond donors (Lipinski definition) is 1. The number of rotatable bonds is 0. The van der Waals surface area contributed by atoms with Crippen LogP contribution in [0.3, 0.4) is 0 Å². The normalized spacial score (nSPS) is 18.9. The first-order valence-corrected chi connectivity index (χ1v) is 4.55. The molecule has 1 aliphatic carbocycles. The third-order valence-corrected chi connectivity index (χ3v) is 2.49. The van der Waals surface area contributed by atoms with Crippen LogP contribution in [-0.4, -0.2) is 4.98 Å². The highest BCUT2D eigenvalue weighted by atomic mass is 35.5. The van der Waals surface area contributed by atoms with E-state index < -0.39 is 0 Å². The Labute approximate surface area is 101 Å². The summed E-state index contributed by atoms with van der Waals surface area (Å²) in [6.45, 7) is 0. The van der Waals surface area contributed by atoms with E-state index in [4.69, 9.17) is 17.3 Å². The SMILES string of the molecule is Cl.Cl.NC1CCCc2cc(Cl)cnc21. The molecule has 1 atom stereocenters. The minimum atomic E-state index is 0. The van der Waals surface area contributed by atoms with Crippen molar-refractivity contribution in [3.05, 3.63) is 28.5 Å².